The molecule has 2 heterocycles. The Labute approximate surface area is 96.5 Å². The Morgan fingerprint density at radius 1 is 1.44 bits per heavy atom. The highest BCUT2D eigenvalue weighted by atomic mass is 16.5. The third-order valence-corrected chi connectivity index (χ3v) is 3.62. The summed E-state index contributed by atoms with van der Waals surface area (Å²) in [5, 5.41) is 10.3. The van der Waals surface area contributed by atoms with Crippen LogP contribution in [0.4, 0.5) is 0 Å². The molecular formula is C13H19NO2. The van der Waals surface area contributed by atoms with Gasteiger partial charge in [-0.2, -0.15) is 0 Å². The van der Waals surface area contributed by atoms with Crippen molar-refractivity contribution in [1.29, 1.82) is 0 Å². The quantitative estimate of drug-likeness (QED) is 0.848. The highest BCUT2D eigenvalue weighted by Crippen LogP contribution is 2.31. The normalized spacial score (nSPS) is 28.9. The summed E-state index contributed by atoms with van der Waals surface area (Å²) in [6.45, 7) is 4.87. The van der Waals surface area contributed by atoms with Gasteiger partial charge in [-0.25, -0.2) is 0 Å². The molecule has 2 rings (SSSR count). The topological polar surface area (TPSA) is 42.4 Å². The lowest BCUT2D eigenvalue weighted by Crippen LogP contribution is -2.30. The number of hydrogen-bond acceptors (Lipinski definition) is 3. The summed E-state index contributed by atoms with van der Waals surface area (Å²) in [5.41, 5.74) is 1.14. The largest absolute Gasteiger partial charge is 0.392 e. The van der Waals surface area contributed by atoms with E-state index >= 15 is 0 Å². The molecule has 0 aromatic carbocycles. The summed E-state index contributed by atoms with van der Waals surface area (Å²) in [4.78, 5) is 3.99. The predicted octanol–water partition coefficient (Wildman–Crippen LogP) is 1.97. The minimum absolute atomic E-state index is 0.136. The molecule has 4 unspecified atom stereocenters. The molecule has 0 spiro atoms. The van der Waals surface area contributed by atoms with E-state index in [1.165, 1.54) is 0 Å². The van der Waals surface area contributed by atoms with Gasteiger partial charge < -0.3 is 9.84 Å². The Morgan fingerprint density at radius 2 is 2.12 bits per heavy atom. The Balaban J connectivity index is 2.07. The van der Waals surface area contributed by atoms with Crippen LogP contribution in [0.15, 0.2) is 24.5 Å². The average Bonchev–Trinajstić information content (AvgIpc) is 2.75. The van der Waals surface area contributed by atoms with Gasteiger partial charge in [0.05, 0.1) is 12.2 Å². The van der Waals surface area contributed by atoms with Gasteiger partial charge in [0.2, 0.25) is 0 Å². The average molecular weight is 221 g/mol. The van der Waals surface area contributed by atoms with Crippen molar-refractivity contribution in [1.82, 2.24) is 4.98 Å². The lowest BCUT2D eigenvalue weighted by Gasteiger charge is -2.26. The summed E-state index contributed by atoms with van der Waals surface area (Å²) in [6, 6.07) is 3.93. The molecule has 0 radical (unpaired) electrons. The van der Waals surface area contributed by atoms with E-state index < -0.39 is 0 Å². The van der Waals surface area contributed by atoms with Gasteiger partial charge in [0, 0.05) is 30.8 Å². The highest BCUT2D eigenvalue weighted by Gasteiger charge is 2.34. The Hall–Kier alpha value is -0.930. The zero-order chi connectivity index (χ0) is 11.5. The van der Waals surface area contributed by atoms with Crippen molar-refractivity contribution in [3.63, 3.8) is 0 Å². The molecule has 1 saturated heterocycles. The molecule has 3 heteroatoms. The maximum absolute atomic E-state index is 10.3. The molecule has 3 nitrogen and oxygen atoms in total. The second-order valence-electron chi connectivity index (χ2n) is 4.59. The van der Waals surface area contributed by atoms with Crippen molar-refractivity contribution >= 4 is 0 Å². The summed E-state index contributed by atoms with van der Waals surface area (Å²) >= 11 is 0. The molecule has 1 fully saturated rings. The zero-order valence-corrected chi connectivity index (χ0v) is 9.84. The third-order valence-electron chi connectivity index (χ3n) is 3.62. The first-order chi connectivity index (χ1) is 7.70. The lowest BCUT2D eigenvalue weighted by molar-refractivity contribution is 0.0323. The Kier molecular flexibility index (Phi) is 3.56. The van der Waals surface area contributed by atoms with E-state index in [2.05, 4.69) is 11.9 Å². The van der Waals surface area contributed by atoms with Gasteiger partial charge in [0.25, 0.3) is 0 Å². The van der Waals surface area contributed by atoms with Crippen LogP contribution in [-0.4, -0.2) is 28.9 Å². The Bertz CT molecular complexity index is 328. The van der Waals surface area contributed by atoms with E-state index in [1.807, 2.05) is 19.1 Å². The summed E-state index contributed by atoms with van der Waals surface area (Å²) in [5.74, 6) is 0.389. The minimum atomic E-state index is -0.333. The third kappa shape index (κ3) is 2.25. The fraction of sp³-hybridized carbons (Fsp3) is 0.615. The van der Waals surface area contributed by atoms with E-state index in [-0.39, 0.29) is 24.0 Å². The molecular weight excluding hydrogens is 202 g/mol. The van der Waals surface area contributed by atoms with Crippen LogP contribution >= 0.6 is 0 Å². The second kappa shape index (κ2) is 4.93. The maximum atomic E-state index is 10.3. The van der Waals surface area contributed by atoms with E-state index in [0.29, 0.717) is 0 Å². The van der Waals surface area contributed by atoms with Crippen molar-refractivity contribution in [3.05, 3.63) is 30.1 Å². The number of pyridine rings is 1. The van der Waals surface area contributed by atoms with Gasteiger partial charge in [-0.3, -0.25) is 4.98 Å². The number of hydrogen-bond donors (Lipinski definition) is 1. The van der Waals surface area contributed by atoms with Crippen LogP contribution in [0, 0.1) is 5.92 Å². The van der Waals surface area contributed by atoms with Crippen LogP contribution in [0.2, 0.25) is 0 Å². The number of ether oxygens (including phenoxy) is 1. The molecule has 4 atom stereocenters. The SMILES string of the molecule is CC1OCCC1C(O)C(C)c1ccncc1. The molecule has 0 bridgehead atoms. The molecule has 0 aliphatic carbocycles. The zero-order valence-electron chi connectivity index (χ0n) is 9.84. The predicted molar refractivity (Wildman–Crippen MR) is 62.2 cm³/mol. The maximum Gasteiger partial charge on any atom is 0.0659 e. The van der Waals surface area contributed by atoms with Crippen molar-refractivity contribution in [2.24, 2.45) is 5.92 Å². The van der Waals surface area contributed by atoms with Crippen LogP contribution in [0.5, 0.6) is 0 Å². The van der Waals surface area contributed by atoms with Crippen molar-refractivity contribution in [2.75, 3.05) is 6.61 Å². The molecule has 1 N–H and O–H groups in total. The minimum Gasteiger partial charge on any atom is -0.392 e. The lowest BCUT2D eigenvalue weighted by atomic mass is 9.84. The molecule has 88 valence electrons. The van der Waals surface area contributed by atoms with Crippen LogP contribution < -0.4 is 0 Å². The van der Waals surface area contributed by atoms with Crippen molar-refractivity contribution in [3.8, 4) is 0 Å². The number of rotatable bonds is 3. The van der Waals surface area contributed by atoms with Gasteiger partial charge >= 0.3 is 0 Å². The van der Waals surface area contributed by atoms with Gasteiger partial charge in [-0.15, -0.1) is 0 Å². The standard InChI is InChI=1S/C13H19NO2/c1-9(11-3-6-14-7-4-11)13(15)12-5-8-16-10(12)2/h3-4,6-7,9-10,12-13,15H,5,8H2,1-2H3. The molecule has 0 saturated carbocycles. The molecule has 1 aromatic rings. The first-order valence-electron chi connectivity index (χ1n) is 5.89. The number of aliphatic hydroxyl groups is 1. The first-order valence-corrected chi connectivity index (χ1v) is 5.89. The van der Waals surface area contributed by atoms with Crippen molar-refractivity contribution < 1.29 is 9.84 Å². The second-order valence-corrected chi connectivity index (χ2v) is 4.59. The summed E-state index contributed by atoms with van der Waals surface area (Å²) < 4.78 is 5.50. The number of nitrogens with zero attached hydrogens (tertiary/aromatic N) is 1. The van der Waals surface area contributed by atoms with Crippen LogP contribution in [0.1, 0.15) is 31.7 Å². The highest BCUT2D eigenvalue weighted by molar-refractivity contribution is 5.16. The Morgan fingerprint density at radius 3 is 2.69 bits per heavy atom. The van der Waals surface area contributed by atoms with Gasteiger partial charge in [-0.1, -0.05) is 6.92 Å². The van der Waals surface area contributed by atoms with E-state index in [1.54, 1.807) is 12.4 Å². The fourth-order valence-corrected chi connectivity index (χ4v) is 2.43. The molecule has 0 amide bonds. The number of aromatic nitrogens is 1. The fourth-order valence-electron chi connectivity index (χ4n) is 2.43. The van der Waals surface area contributed by atoms with Crippen LogP contribution in [0.3, 0.4) is 0 Å². The van der Waals surface area contributed by atoms with Crippen LogP contribution in [-0.2, 0) is 4.74 Å². The smallest absolute Gasteiger partial charge is 0.0659 e. The summed E-state index contributed by atoms with van der Waals surface area (Å²) in [7, 11) is 0. The van der Waals surface area contributed by atoms with Gasteiger partial charge in [0.1, 0.15) is 0 Å². The number of aliphatic hydroxyl groups excluding tert-OH is 1. The first kappa shape index (κ1) is 11.6. The monoisotopic (exact) mass is 221 g/mol. The van der Waals surface area contributed by atoms with Gasteiger partial charge in [0.15, 0.2) is 0 Å². The van der Waals surface area contributed by atoms with Crippen molar-refractivity contribution in [2.45, 2.75) is 38.4 Å². The van der Waals surface area contributed by atoms with Gasteiger partial charge in [-0.05, 0) is 31.0 Å². The summed E-state index contributed by atoms with van der Waals surface area (Å²) in [6.07, 6.45) is 4.33. The van der Waals surface area contributed by atoms with E-state index in [4.69, 9.17) is 4.74 Å². The molecule has 1 aliphatic heterocycles. The van der Waals surface area contributed by atoms with E-state index in [0.717, 1.165) is 18.6 Å². The molecule has 1 aromatic heterocycles. The molecule has 1 aliphatic rings. The van der Waals surface area contributed by atoms with E-state index in [9.17, 15) is 5.11 Å². The van der Waals surface area contributed by atoms with Crippen LogP contribution in [0.25, 0.3) is 0 Å². The molecule has 16 heavy (non-hydrogen) atoms.